The molecule has 0 unspecified atom stereocenters. The van der Waals surface area contributed by atoms with Gasteiger partial charge in [0.2, 0.25) is 0 Å². The summed E-state index contributed by atoms with van der Waals surface area (Å²) in [6.07, 6.45) is 4.37. The molecule has 0 saturated heterocycles. The molecule has 0 fully saturated rings. The molecule has 0 radical (unpaired) electrons. The van der Waals surface area contributed by atoms with E-state index in [0.717, 1.165) is 24.3 Å². The Kier molecular flexibility index (Phi) is 7.92. The summed E-state index contributed by atoms with van der Waals surface area (Å²) in [5, 5.41) is 2.63. The van der Waals surface area contributed by atoms with Crippen molar-refractivity contribution < 1.29 is 14.3 Å². The summed E-state index contributed by atoms with van der Waals surface area (Å²) in [6.45, 7) is 1.33. The fraction of sp³-hybridized carbons (Fsp3) is 0.357. The molecule has 1 amide bonds. The van der Waals surface area contributed by atoms with Crippen molar-refractivity contribution >= 4 is 29.1 Å². The van der Waals surface area contributed by atoms with E-state index < -0.39 is 4.84 Å². The number of carbonyl (C=O) groups is 1. The highest BCUT2D eigenvalue weighted by atomic mass is 35.5. The van der Waals surface area contributed by atoms with Crippen LogP contribution in [0.4, 0.5) is 0 Å². The lowest BCUT2D eigenvalue weighted by atomic mass is 10.1. The SMILES string of the molecule is C1=COC1.COc1ccc(CCNC(=O)C(Cl)Cl)cc1. The van der Waals surface area contributed by atoms with Gasteiger partial charge in [-0.15, -0.1) is 0 Å². The molecule has 0 aliphatic carbocycles. The molecule has 1 N–H and O–H groups in total. The molecule has 6 heteroatoms. The maximum Gasteiger partial charge on any atom is 0.253 e. The number of methoxy groups -OCH3 is 1. The van der Waals surface area contributed by atoms with Crippen molar-refractivity contribution in [1.82, 2.24) is 5.32 Å². The number of carbonyl (C=O) groups excluding carboxylic acids is 1. The van der Waals surface area contributed by atoms with E-state index in [1.54, 1.807) is 13.4 Å². The van der Waals surface area contributed by atoms with Gasteiger partial charge in [-0.1, -0.05) is 35.3 Å². The molecule has 1 heterocycles. The highest BCUT2D eigenvalue weighted by Crippen LogP contribution is 2.11. The monoisotopic (exact) mass is 317 g/mol. The van der Waals surface area contributed by atoms with Crippen LogP contribution in [0.15, 0.2) is 36.6 Å². The first-order chi connectivity index (χ1) is 9.63. The van der Waals surface area contributed by atoms with Crippen LogP contribution in [0, 0.1) is 0 Å². The molecule has 110 valence electrons. The summed E-state index contributed by atoms with van der Waals surface area (Å²) in [7, 11) is 1.62. The van der Waals surface area contributed by atoms with E-state index in [2.05, 4.69) is 10.1 Å². The predicted molar refractivity (Wildman–Crippen MR) is 80.3 cm³/mol. The zero-order valence-electron chi connectivity index (χ0n) is 11.1. The number of rotatable bonds is 5. The van der Waals surface area contributed by atoms with Crippen LogP contribution in [0.2, 0.25) is 0 Å². The fourth-order valence-electron chi connectivity index (χ4n) is 1.30. The summed E-state index contributed by atoms with van der Waals surface area (Å²) in [6, 6.07) is 7.65. The van der Waals surface area contributed by atoms with Gasteiger partial charge in [0.05, 0.1) is 13.4 Å². The molecule has 1 aromatic rings. The molecule has 0 spiro atoms. The maximum absolute atomic E-state index is 11.0. The number of amides is 1. The number of benzene rings is 1. The van der Waals surface area contributed by atoms with Crippen LogP contribution in [-0.2, 0) is 16.0 Å². The summed E-state index contributed by atoms with van der Waals surface area (Å²) >= 11 is 10.8. The molecule has 20 heavy (non-hydrogen) atoms. The van der Waals surface area contributed by atoms with Gasteiger partial charge in [-0.3, -0.25) is 4.79 Å². The highest BCUT2D eigenvalue weighted by molar-refractivity contribution is 6.53. The fourth-order valence-corrected chi connectivity index (χ4v) is 1.45. The van der Waals surface area contributed by atoms with Gasteiger partial charge in [-0.2, -0.15) is 0 Å². The van der Waals surface area contributed by atoms with Gasteiger partial charge < -0.3 is 14.8 Å². The molecular weight excluding hydrogens is 301 g/mol. The molecule has 0 bridgehead atoms. The summed E-state index contributed by atoms with van der Waals surface area (Å²) in [5.74, 6) is 0.450. The third-order valence-electron chi connectivity index (χ3n) is 2.46. The minimum absolute atomic E-state index is 0.364. The Morgan fingerprint density at radius 3 is 2.35 bits per heavy atom. The van der Waals surface area contributed by atoms with Crippen LogP contribution in [0.3, 0.4) is 0 Å². The van der Waals surface area contributed by atoms with Gasteiger partial charge in [-0.25, -0.2) is 0 Å². The molecule has 0 aromatic heterocycles. The second-order valence-corrected chi connectivity index (χ2v) is 4.99. The molecule has 1 aliphatic rings. The Bertz CT molecular complexity index is 427. The van der Waals surface area contributed by atoms with Crippen LogP contribution in [0.25, 0.3) is 0 Å². The largest absolute Gasteiger partial charge is 0.497 e. The lowest BCUT2D eigenvalue weighted by molar-refractivity contribution is -0.119. The van der Waals surface area contributed by atoms with Crippen molar-refractivity contribution in [3.63, 3.8) is 0 Å². The van der Waals surface area contributed by atoms with Crippen molar-refractivity contribution in [3.8, 4) is 5.75 Å². The van der Waals surface area contributed by atoms with E-state index in [9.17, 15) is 4.79 Å². The quantitative estimate of drug-likeness (QED) is 0.849. The lowest BCUT2D eigenvalue weighted by Crippen LogP contribution is -2.30. The van der Waals surface area contributed by atoms with Gasteiger partial charge in [0, 0.05) is 6.54 Å². The van der Waals surface area contributed by atoms with Crippen molar-refractivity contribution in [1.29, 1.82) is 0 Å². The van der Waals surface area contributed by atoms with Crippen LogP contribution in [-0.4, -0.2) is 31.0 Å². The van der Waals surface area contributed by atoms with Crippen molar-refractivity contribution in [2.24, 2.45) is 0 Å². The standard InChI is InChI=1S/C11H13Cl2NO2.C3H4O/c1-16-9-4-2-8(3-5-9)6-7-14-11(15)10(12)13;1-2-4-3-1/h2-5,10H,6-7H2,1H3,(H,14,15);1-2H,3H2. The molecular formula is C14H17Cl2NO3. The molecule has 4 nitrogen and oxygen atoms in total. The Morgan fingerprint density at radius 2 is 1.95 bits per heavy atom. The van der Waals surface area contributed by atoms with Crippen LogP contribution >= 0.6 is 23.2 Å². The molecule has 1 aromatic carbocycles. The van der Waals surface area contributed by atoms with Crippen LogP contribution < -0.4 is 10.1 Å². The Hall–Kier alpha value is -1.39. The third-order valence-corrected chi connectivity index (χ3v) is 2.85. The lowest BCUT2D eigenvalue weighted by Gasteiger charge is -2.06. The minimum Gasteiger partial charge on any atom is -0.497 e. The zero-order valence-corrected chi connectivity index (χ0v) is 12.7. The second-order valence-electron chi connectivity index (χ2n) is 3.89. The first-order valence-corrected chi connectivity index (χ1v) is 6.96. The Morgan fingerprint density at radius 1 is 1.40 bits per heavy atom. The Labute approximate surface area is 128 Å². The average Bonchev–Trinajstić information content (AvgIpc) is 2.37. The van der Waals surface area contributed by atoms with E-state index in [1.807, 2.05) is 30.3 Å². The molecule has 0 atom stereocenters. The molecule has 2 rings (SSSR count). The number of halogens is 2. The van der Waals surface area contributed by atoms with Crippen molar-refractivity contribution in [3.05, 3.63) is 42.2 Å². The highest BCUT2D eigenvalue weighted by Gasteiger charge is 2.09. The normalized spacial score (nSPS) is 11.8. The summed E-state index contributed by atoms with van der Waals surface area (Å²) in [4.78, 5) is 10.0. The van der Waals surface area contributed by atoms with Crippen LogP contribution in [0.5, 0.6) is 5.75 Å². The zero-order chi connectivity index (χ0) is 14.8. The van der Waals surface area contributed by atoms with E-state index in [4.69, 9.17) is 27.9 Å². The van der Waals surface area contributed by atoms with E-state index >= 15 is 0 Å². The summed E-state index contributed by atoms with van der Waals surface area (Å²) < 4.78 is 9.58. The minimum atomic E-state index is -1.00. The number of hydrogen-bond acceptors (Lipinski definition) is 3. The van der Waals surface area contributed by atoms with E-state index in [1.165, 1.54) is 0 Å². The predicted octanol–water partition coefficient (Wildman–Crippen LogP) is 2.69. The topological polar surface area (TPSA) is 47.6 Å². The average molecular weight is 318 g/mol. The molecule has 0 saturated carbocycles. The van der Waals surface area contributed by atoms with Crippen molar-refractivity contribution in [2.45, 2.75) is 11.3 Å². The Balaban J connectivity index is 0.000000425. The van der Waals surface area contributed by atoms with Crippen LogP contribution in [0.1, 0.15) is 5.56 Å². The van der Waals surface area contributed by atoms with Gasteiger partial charge in [0.1, 0.15) is 12.4 Å². The first-order valence-electron chi connectivity index (χ1n) is 6.09. The summed E-state index contributed by atoms with van der Waals surface area (Å²) in [5.41, 5.74) is 1.11. The second kappa shape index (κ2) is 9.50. The van der Waals surface area contributed by atoms with Gasteiger partial charge >= 0.3 is 0 Å². The number of hydrogen-bond donors (Lipinski definition) is 1. The maximum atomic E-state index is 11.0. The van der Waals surface area contributed by atoms with E-state index in [0.29, 0.717) is 6.54 Å². The smallest absolute Gasteiger partial charge is 0.253 e. The van der Waals surface area contributed by atoms with Gasteiger partial charge in [0.15, 0.2) is 4.84 Å². The van der Waals surface area contributed by atoms with Gasteiger partial charge in [-0.05, 0) is 30.2 Å². The first kappa shape index (κ1) is 16.7. The van der Waals surface area contributed by atoms with Gasteiger partial charge in [0.25, 0.3) is 5.91 Å². The number of ether oxygens (including phenoxy) is 2. The number of nitrogens with one attached hydrogen (secondary N) is 1. The van der Waals surface area contributed by atoms with Crippen molar-refractivity contribution in [2.75, 3.05) is 20.3 Å². The molecule has 1 aliphatic heterocycles. The number of alkyl halides is 2. The van der Waals surface area contributed by atoms with E-state index in [-0.39, 0.29) is 5.91 Å². The third kappa shape index (κ3) is 6.68.